The third-order valence-corrected chi connectivity index (χ3v) is 6.22. The molecule has 1 heterocycles. The molecule has 0 radical (unpaired) electrons. The van der Waals surface area contributed by atoms with Crippen LogP contribution in [0.25, 0.3) is 0 Å². The van der Waals surface area contributed by atoms with Gasteiger partial charge in [-0.15, -0.1) is 0 Å². The highest BCUT2D eigenvalue weighted by Gasteiger charge is 2.35. The molecule has 0 bridgehead atoms. The van der Waals surface area contributed by atoms with Gasteiger partial charge in [0.05, 0.1) is 0 Å². The van der Waals surface area contributed by atoms with Crippen LogP contribution in [0.15, 0.2) is 0 Å². The molecule has 1 N–H and O–H groups in total. The van der Waals surface area contributed by atoms with E-state index in [1.165, 1.54) is 45.4 Å². The summed E-state index contributed by atoms with van der Waals surface area (Å²) in [5, 5.41) is 3.60. The van der Waals surface area contributed by atoms with Gasteiger partial charge < -0.3 is 5.32 Å². The Balaban J connectivity index is 1.95. The lowest BCUT2D eigenvalue weighted by Gasteiger charge is -2.48. The minimum atomic E-state index is 0.319. The lowest BCUT2D eigenvalue weighted by Crippen LogP contribution is -2.59. The molecule has 124 valence electrons. The largest absolute Gasteiger partial charge is 0.317 e. The van der Waals surface area contributed by atoms with Crippen LogP contribution in [0.4, 0.5) is 0 Å². The molecule has 3 heteroatoms. The summed E-state index contributed by atoms with van der Waals surface area (Å²) in [6.07, 6.45) is 4.19. The van der Waals surface area contributed by atoms with E-state index in [1.807, 2.05) is 0 Å². The van der Waals surface area contributed by atoms with Gasteiger partial charge in [0, 0.05) is 37.8 Å². The maximum Gasteiger partial charge on any atom is 0.0277 e. The van der Waals surface area contributed by atoms with Gasteiger partial charge in [0.2, 0.25) is 0 Å². The molecule has 3 nitrogen and oxygen atoms in total. The third kappa shape index (κ3) is 4.20. The van der Waals surface area contributed by atoms with Crippen molar-refractivity contribution >= 4 is 0 Å². The second-order valence-corrected chi connectivity index (χ2v) is 8.44. The summed E-state index contributed by atoms with van der Waals surface area (Å²) < 4.78 is 0. The first-order valence-corrected chi connectivity index (χ1v) is 8.94. The molecule has 0 spiro atoms. The summed E-state index contributed by atoms with van der Waals surface area (Å²) in [7, 11) is 4.42. The van der Waals surface area contributed by atoms with Crippen LogP contribution in [0, 0.1) is 17.8 Å². The minimum absolute atomic E-state index is 0.319. The van der Waals surface area contributed by atoms with Gasteiger partial charge in [-0.2, -0.15) is 0 Å². The summed E-state index contributed by atoms with van der Waals surface area (Å²) >= 11 is 0. The van der Waals surface area contributed by atoms with E-state index in [4.69, 9.17) is 0 Å². The standard InChI is InChI=1S/C18H37N3/c1-14(2)15-7-8-17(19-5)16(11-15)12-21-10-9-20(6)18(3,4)13-21/h14-17,19H,7-13H2,1-6H3. The maximum atomic E-state index is 3.60. The first-order chi connectivity index (χ1) is 9.83. The SMILES string of the molecule is CNC1CCC(C(C)C)CC1CN1CCN(C)C(C)(C)C1. The predicted molar refractivity (Wildman–Crippen MR) is 91.7 cm³/mol. The van der Waals surface area contributed by atoms with E-state index in [-0.39, 0.29) is 0 Å². The highest BCUT2D eigenvalue weighted by Crippen LogP contribution is 2.35. The van der Waals surface area contributed by atoms with Crippen LogP contribution < -0.4 is 5.32 Å². The molecule has 1 aliphatic carbocycles. The molecule has 2 aliphatic rings. The average Bonchev–Trinajstić information content (AvgIpc) is 2.42. The normalized spacial score (nSPS) is 35.3. The molecule has 21 heavy (non-hydrogen) atoms. The Kier molecular flexibility index (Phi) is 5.72. The summed E-state index contributed by atoms with van der Waals surface area (Å²) in [5.41, 5.74) is 0.319. The van der Waals surface area contributed by atoms with Gasteiger partial charge in [-0.25, -0.2) is 0 Å². The van der Waals surface area contributed by atoms with E-state index in [0.29, 0.717) is 5.54 Å². The van der Waals surface area contributed by atoms with Crippen molar-refractivity contribution in [2.45, 2.75) is 58.5 Å². The van der Waals surface area contributed by atoms with Crippen molar-refractivity contribution in [2.24, 2.45) is 17.8 Å². The number of rotatable bonds is 4. The molecule has 1 aliphatic heterocycles. The monoisotopic (exact) mass is 295 g/mol. The van der Waals surface area contributed by atoms with Gasteiger partial charge in [0.25, 0.3) is 0 Å². The van der Waals surface area contributed by atoms with E-state index < -0.39 is 0 Å². The fraction of sp³-hybridized carbons (Fsp3) is 1.00. The molecule has 1 saturated carbocycles. The lowest BCUT2D eigenvalue weighted by atomic mass is 9.73. The van der Waals surface area contributed by atoms with E-state index in [1.54, 1.807) is 0 Å². The Bertz CT molecular complexity index is 326. The van der Waals surface area contributed by atoms with Crippen LogP contribution in [0.5, 0.6) is 0 Å². The molecule has 2 fully saturated rings. The van der Waals surface area contributed by atoms with Gasteiger partial charge in [-0.1, -0.05) is 13.8 Å². The van der Waals surface area contributed by atoms with Crippen molar-refractivity contribution in [1.29, 1.82) is 0 Å². The first-order valence-electron chi connectivity index (χ1n) is 8.94. The minimum Gasteiger partial charge on any atom is -0.317 e. The van der Waals surface area contributed by atoms with Crippen LogP contribution in [0.1, 0.15) is 47.0 Å². The molecule has 0 aromatic carbocycles. The second-order valence-electron chi connectivity index (χ2n) is 8.44. The predicted octanol–water partition coefficient (Wildman–Crippen LogP) is 2.67. The summed E-state index contributed by atoms with van der Waals surface area (Å²) in [6, 6.07) is 0.725. The summed E-state index contributed by atoms with van der Waals surface area (Å²) in [4.78, 5) is 5.23. The van der Waals surface area contributed by atoms with Crippen LogP contribution in [0.3, 0.4) is 0 Å². The second kappa shape index (κ2) is 6.97. The first kappa shape index (κ1) is 17.2. The van der Waals surface area contributed by atoms with E-state index in [9.17, 15) is 0 Å². The molecule has 2 rings (SSSR count). The van der Waals surface area contributed by atoms with Crippen LogP contribution >= 0.6 is 0 Å². The van der Waals surface area contributed by atoms with Crippen LogP contribution in [0.2, 0.25) is 0 Å². The Hall–Kier alpha value is -0.120. The fourth-order valence-electron chi connectivity index (χ4n) is 4.32. The number of likely N-dealkylation sites (N-methyl/N-ethyl adjacent to an activating group) is 1. The molecule has 0 aromatic rings. The van der Waals surface area contributed by atoms with Crippen molar-refractivity contribution in [2.75, 3.05) is 40.3 Å². The number of nitrogens with zero attached hydrogens (tertiary/aromatic N) is 2. The zero-order chi connectivity index (χ0) is 15.6. The highest BCUT2D eigenvalue weighted by atomic mass is 15.3. The zero-order valence-electron chi connectivity index (χ0n) is 15.2. The number of hydrogen-bond acceptors (Lipinski definition) is 3. The van der Waals surface area contributed by atoms with Gasteiger partial charge in [-0.3, -0.25) is 9.80 Å². The van der Waals surface area contributed by atoms with Crippen LogP contribution in [-0.4, -0.2) is 61.7 Å². The molecular weight excluding hydrogens is 258 g/mol. The van der Waals surface area contributed by atoms with Crippen molar-refractivity contribution in [3.63, 3.8) is 0 Å². The third-order valence-electron chi connectivity index (χ3n) is 6.22. The quantitative estimate of drug-likeness (QED) is 0.860. The van der Waals surface area contributed by atoms with Crippen molar-refractivity contribution in [3.8, 4) is 0 Å². The molecule has 0 aromatic heterocycles. The fourth-order valence-corrected chi connectivity index (χ4v) is 4.32. The van der Waals surface area contributed by atoms with Gasteiger partial charge in [0.1, 0.15) is 0 Å². The highest BCUT2D eigenvalue weighted by molar-refractivity contribution is 4.92. The molecule has 0 amide bonds. The summed E-state index contributed by atoms with van der Waals surface area (Å²) in [6.45, 7) is 14.5. The van der Waals surface area contributed by atoms with Crippen LogP contribution in [-0.2, 0) is 0 Å². The molecule has 1 saturated heterocycles. The molecule has 3 atom stereocenters. The number of hydrogen-bond donors (Lipinski definition) is 1. The Morgan fingerprint density at radius 3 is 2.48 bits per heavy atom. The van der Waals surface area contributed by atoms with Gasteiger partial charge in [-0.05, 0) is 65.0 Å². The van der Waals surface area contributed by atoms with E-state index >= 15 is 0 Å². The van der Waals surface area contributed by atoms with Gasteiger partial charge in [0.15, 0.2) is 0 Å². The van der Waals surface area contributed by atoms with Crippen molar-refractivity contribution < 1.29 is 0 Å². The van der Waals surface area contributed by atoms with E-state index in [0.717, 1.165) is 23.8 Å². The zero-order valence-corrected chi connectivity index (χ0v) is 15.2. The lowest BCUT2D eigenvalue weighted by molar-refractivity contribution is 0.0202. The Morgan fingerprint density at radius 2 is 1.90 bits per heavy atom. The Labute approximate surface area is 132 Å². The summed E-state index contributed by atoms with van der Waals surface area (Å²) in [5.74, 6) is 2.60. The molecule has 3 unspecified atom stereocenters. The number of nitrogens with one attached hydrogen (secondary N) is 1. The smallest absolute Gasteiger partial charge is 0.0277 e. The van der Waals surface area contributed by atoms with Crippen molar-refractivity contribution in [3.05, 3.63) is 0 Å². The Morgan fingerprint density at radius 1 is 1.19 bits per heavy atom. The van der Waals surface area contributed by atoms with Gasteiger partial charge >= 0.3 is 0 Å². The van der Waals surface area contributed by atoms with E-state index in [2.05, 4.69) is 56.9 Å². The van der Waals surface area contributed by atoms with Crippen molar-refractivity contribution in [1.82, 2.24) is 15.1 Å². The topological polar surface area (TPSA) is 18.5 Å². The average molecular weight is 296 g/mol. The molecular formula is C18H37N3. The number of piperazine rings is 1. The maximum absolute atomic E-state index is 3.60.